The fourth-order valence-electron chi connectivity index (χ4n) is 4.23. The molecule has 2 aromatic carbocycles. The number of nitrogens with zero attached hydrogens (tertiary/aromatic N) is 2. The summed E-state index contributed by atoms with van der Waals surface area (Å²) in [5.41, 5.74) is 1.43. The van der Waals surface area contributed by atoms with Crippen molar-refractivity contribution in [2.45, 2.75) is 31.4 Å². The minimum atomic E-state index is -0.913. The van der Waals surface area contributed by atoms with Gasteiger partial charge in [-0.15, -0.1) is 0 Å². The molecule has 0 unspecified atom stereocenters. The monoisotopic (exact) mass is 580 g/mol. The molecule has 0 saturated carbocycles. The second-order valence-corrected chi connectivity index (χ2v) is 10.2. The molecule has 2 N–H and O–H groups in total. The van der Waals surface area contributed by atoms with Crippen molar-refractivity contribution in [3.8, 4) is 5.75 Å². The van der Waals surface area contributed by atoms with E-state index in [0.29, 0.717) is 41.7 Å². The highest BCUT2D eigenvalue weighted by Crippen LogP contribution is 2.21. The number of carbonyl (C=O) groups excluding carboxylic acids is 3. The summed E-state index contributed by atoms with van der Waals surface area (Å²) >= 11 is 11.8. The molecule has 0 spiro atoms. The number of ether oxygens (including phenoxy) is 1. The Balaban J connectivity index is 1.28. The van der Waals surface area contributed by atoms with Crippen molar-refractivity contribution in [1.29, 1.82) is 0 Å². The fraction of sp³-hybridized carbons (Fsp3) is 0.267. The van der Waals surface area contributed by atoms with E-state index >= 15 is 0 Å². The van der Waals surface area contributed by atoms with Crippen molar-refractivity contribution in [1.82, 2.24) is 20.5 Å². The van der Waals surface area contributed by atoms with Gasteiger partial charge in [-0.05, 0) is 60.2 Å². The Morgan fingerprint density at radius 1 is 0.975 bits per heavy atom. The number of likely N-dealkylation sites (tertiary alicyclic amines) is 1. The number of pyridine rings is 1. The van der Waals surface area contributed by atoms with Crippen LogP contribution in [0.4, 0.5) is 0 Å². The van der Waals surface area contributed by atoms with Gasteiger partial charge in [-0.3, -0.25) is 19.4 Å². The fourth-order valence-corrected chi connectivity index (χ4v) is 4.48. The molecule has 8 nitrogen and oxygen atoms in total. The van der Waals surface area contributed by atoms with Crippen molar-refractivity contribution < 1.29 is 19.1 Å². The van der Waals surface area contributed by atoms with Crippen molar-refractivity contribution in [3.63, 3.8) is 0 Å². The number of rotatable bonds is 10. The van der Waals surface area contributed by atoms with E-state index in [4.69, 9.17) is 27.9 Å². The summed E-state index contributed by atoms with van der Waals surface area (Å²) in [4.78, 5) is 44.5. The summed E-state index contributed by atoms with van der Waals surface area (Å²) in [6.07, 6.45) is 6.14. The maximum absolute atomic E-state index is 13.1. The maximum atomic E-state index is 13.1. The summed E-state index contributed by atoms with van der Waals surface area (Å²) in [5.74, 6) is -0.359. The number of amides is 3. The van der Waals surface area contributed by atoms with Crippen LogP contribution in [0.15, 0.2) is 79.0 Å². The van der Waals surface area contributed by atoms with E-state index in [0.717, 1.165) is 11.3 Å². The number of carbonyl (C=O) groups is 3. The largest absolute Gasteiger partial charge is 0.490 e. The molecular weight excluding hydrogens is 551 g/mol. The molecule has 1 aromatic heterocycles. The van der Waals surface area contributed by atoms with Crippen LogP contribution in [0.2, 0.25) is 10.0 Å². The topological polar surface area (TPSA) is 101 Å². The van der Waals surface area contributed by atoms with Crippen LogP contribution in [-0.4, -0.2) is 59.4 Å². The molecule has 0 aliphatic carbocycles. The van der Waals surface area contributed by atoms with Crippen molar-refractivity contribution in [3.05, 3.63) is 100 Å². The van der Waals surface area contributed by atoms with Crippen LogP contribution in [-0.2, 0) is 20.8 Å². The minimum Gasteiger partial charge on any atom is -0.490 e. The molecule has 4 rings (SSSR count). The third-order valence-corrected chi connectivity index (χ3v) is 6.90. The number of aromatic nitrogens is 1. The van der Waals surface area contributed by atoms with Gasteiger partial charge in [0, 0.05) is 60.4 Å². The lowest BCUT2D eigenvalue weighted by Crippen LogP contribution is -2.51. The molecule has 1 aliphatic heterocycles. The molecule has 208 valence electrons. The summed E-state index contributed by atoms with van der Waals surface area (Å²) in [7, 11) is 0. The van der Waals surface area contributed by atoms with Crippen molar-refractivity contribution in [2.75, 3.05) is 19.6 Å². The number of nitrogens with one attached hydrogen (secondary N) is 2. The van der Waals surface area contributed by atoms with Gasteiger partial charge in [0.2, 0.25) is 17.7 Å². The first-order valence-electron chi connectivity index (χ1n) is 13.0. The third kappa shape index (κ3) is 9.10. The lowest BCUT2D eigenvalue weighted by Gasteiger charge is -2.32. The highest BCUT2D eigenvalue weighted by atomic mass is 35.5. The van der Waals surface area contributed by atoms with Crippen LogP contribution in [0, 0.1) is 0 Å². The molecule has 0 bridgehead atoms. The van der Waals surface area contributed by atoms with E-state index in [-0.39, 0.29) is 25.0 Å². The van der Waals surface area contributed by atoms with Crippen LogP contribution < -0.4 is 15.4 Å². The Morgan fingerprint density at radius 2 is 1.65 bits per heavy atom. The zero-order valence-electron chi connectivity index (χ0n) is 21.8. The number of halogens is 2. The Hall–Kier alpha value is -3.88. The average molecular weight is 582 g/mol. The quantitative estimate of drug-likeness (QED) is 0.348. The van der Waals surface area contributed by atoms with Gasteiger partial charge in [-0.1, -0.05) is 41.4 Å². The average Bonchev–Trinajstić information content (AvgIpc) is 2.97. The first kappa shape index (κ1) is 29.1. The molecule has 3 amide bonds. The van der Waals surface area contributed by atoms with Crippen molar-refractivity contribution >= 4 is 47.0 Å². The molecule has 2 heterocycles. The molecule has 1 fully saturated rings. The maximum Gasteiger partial charge on any atom is 0.244 e. The smallest absolute Gasteiger partial charge is 0.244 e. The van der Waals surface area contributed by atoms with Gasteiger partial charge in [-0.2, -0.15) is 0 Å². The van der Waals surface area contributed by atoms with E-state index < -0.39 is 17.9 Å². The van der Waals surface area contributed by atoms with Crippen LogP contribution >= 0.6 is 23.2 Å². The molecule has 10 heteroatoms. The highest BCUT2D eigenvalue weighted by molar-refractivity contribution is 6.30. The summed E-state index contributed by atoms with van der Waals surface area (Å²) < 4.78 is 5.99. The zero-order chi connectivity index (χ0) is 28.3. The van der Waals surface area contributed by atoms with Crippen LogP contribution in [0.25, 0.3) is 6.08 Å². The van der Waals surface area contributed by atoms with Crippen molar-refractivity contribution in [2.24, 2.45) is 0 Å². The van der Waals surface area contributed by atoms with Gasteiger partial charge < -0.3 is 20.3 Å². The van der Waals surface area contributed by atoms with Gasteiger partial charge >= 0.3 is 0 Å². The summed E-state index contributed by atoms with van der Waals surface area (Å²) in [5, 5.41) is 6.66. The van der Waals surface area contributed by atoms with Crippen LogP contribution in [0.1, 0.15) is 24.1 Å². The Kier molecular flexibility index (Phi) is 10.5. The number of hydrogen-bond acceptors (Lipinski definition) is 5. The molecule has 3 aromatic rings. The predicted octanol–water partition coefficient (Wildman–Crippen LogP) is 4.32. The molecule has 1 saturated heterocycles. The van der Waals surface area contributed by atoms with Gasteiger partial charge in [-0.25, -0.2) is 0 Å². The second kappa shape index (κ2) is 14.5. The Bertz CT molecular complexity index is 1310. The Labute approximate surface area is 243 Å². The summed E-state index contributed by atoms with van der Waals surface area (Å²) in [6, 6.07) is 18.6. The second-order valence-electron chi connectivity index (χ2n) is 9.34. The number of hydrogen-bond donors (Lipinski definition) is 2. The van der Waals surface area contributed by atoms with Gasteiger partial charge in [0.05, 0.1) is 6.54 Å². The van der Waals surface area contributed by atoms with E-state index in [1.165, 1.54) is 6.08 Å². The molecular formula is C30H30Cl2N4O4. The van der Waals surface area contributed by atoms with E-state index in [1.807, 2.05) is 18.2 Å². The molecule has 0 radical (unpaired) electrons. The van der Waals surface area contributed by atoms with Crippen LogP contribution in [0.3, 0.4) is 0 Å². The van der Waals surface area contributed by atoms with E-state index in [1.54, 1.807) is 65.7 Å². The lowest BCUT2D eigenvalue weighted by molar-refractivity contribution is -0.135. The zero-order valence-corrected chi connectivity index (χ0v) is 23.3. The van der Waals surface area contributed by atoms with Gasteiger partial charge in [0.15, 0.2) is 0 Å². The molecule has 1 aliphatic rings. The van der Waals surface area contributed by atoms with E-state index in [9.17, 15) is 14.4 Å². The normalized spacial score (nSPS) is 14.5. The highest BCUT2D eigenvalue weighted by Gasteiger charge is 2.26. The lowest BCUT2D eigenvalue weighted by atomic mass is 10.1. The SMILES string of the molecule is O=C(/C=C/c1ccc(Cl)cc1)N[C@@H](Cc1ccccn1)C(=O)NCC(=O)N1CCC(Oc2ccc(Cl)cc2)CC1. The molecule has 1 atom stereocenters. The van der Waals surface area contributed by atoms with Crippen LogP contribution in [0.5, 0.6) is 5.75 Å². The van der Waals surface area contributed by atoms with E-state index in [2.05, 4.69) is 15.6 Å². The first-order chi connectivity index (χ1) is 19.4. The molecule has 40 heavy (non-hydrogen) atoms. The third-order valence-electron chi connectivity index (χ3n) is 6.39. The van der Waals surface area contributed by atoms with Gasteiger partial charge in [0.25, 0.3) is 0 Å². The predicted molar refractivity (Wildman–Crippen MR) is 155 cm³/mol. The Morgan fingerprint density at radius 3 is 2.30 bits per heavy atom. The first-order valence-corrected chi connectivity index (χ1v) is 13.7. The number of benzene rings is 2. The summed E-state index contributed by atoms with van der Waals surface area (Å²) in [6.45, 7) is 0.879. The standard InChI is InChI=1S/C30H30Cl2N4O4/c31-22-7-4-21(5-8-22)6-13-28(37)35-27(19-24-3-1-2-16-33-24)30(39)34-20-29(38)36-17-14-26(15-18-36)40-25-11-9-23(32)10-12-25/h1-13,16,26-27H,14-15,17-20H2,(H,34,39)(H,35,37)/b13-6+/t27-/m0/s1. The van der Waals surface area contributed by atoms with Gasteiger partial charge in [0.1, 0.15) is 17.9 Å². The minimum absolute atomic E-state index is 0.00120. The number of piperidine rings is 1.